The maximum Gasteiger partial charge on any atom is 0.132 e. The van der Waals surface area contributed by atoms with E-state index in [0.29, 0.717) is 0 Å². The minimum absolute atomic E-state index is 0.0630. The fourth-order valence-electron chi connectivity index (χ4n) is 10.4. The van der Waals surface area contributed by atoms with Crippen LogP contribution in [0.15, 0.2) is 255 Å². The van der Waals surface area contributed by atoms with Crippen molar-refractivity contribution in [3.8, 4) is 55.9 Å². The molecule has 0 amide bonds. The van der Waals surface area contributed by atoms with E-state index in [-0.39, 0.29) is 12.0 Å². The third kappa shape index (κ3) is 6.75. The lowest BCUT2D eigenvalue weighted by Gasteiger charge is -2.26. The largest absolute Gasteiger partial charge is 0.484 e. The molecule has 1 aromatic heterocycles. The summed E-state index contributed by atoms with van der Waals surface area (Å²) in [5.74, 6) is 1.27. The molecule has 11 aromatic rings. The molecule has 3 heteroatoms. The second-order valence-corrected chi connectivity index (χ2v) is 17.6. The van der Waals surface area contributed by atoms with Crippen LogP contribution >= 0.6 is 0 Å². The Hall–Kier alpha value is -8.66. The number of nitrogens with zero attached hydrogens (tertiary/aromatic N) is 2. The molecule has 13 rings (SSSR count). The lowest BCUT2D eigenvalue weighted by Crippen LogP contribution is -2.15. The summed E-state index contributed by atoms with van der Waals surface area (Å²) >= 11 is 0. The molecule has 10 aromatic carbocycles. The van der Waals surface area contributed by atoms with Gasteiger partial charge < -0.3 is 14.2 Å². The van der Waals surface area contributed by atoms with Gasteiger partial charge in [0.1, 0.15) is 11.9 Å². The third-order valence-corrected chi connectivity index (χ3v) is 13.8. The second-order valence-electron chi connectivity index (χ2n) is 17.6. The molecule has 67 heavy (non-hydrogen) atoms. The van der Waals surface area contributed by atoms with Crippen molar-refractivity contribution in [2.75, 3.05) is 4.90 Å². The number of allylic oxidation sites excluding steroid dienone is 2. The molecule has 1 aliphatic heterocycles. The van der Waals surface area contributed by atoms with Crippen LogP contribution in [0.2, 0.25) is 0 Å². The van der Waals surface area contributed by atoms with Crippen LogP contribution in [0, 0.1) is 0 Å². The second kappa shape index (κ2) is 16.1. The van der Waals surface area contributed by atoms with Crippen molar-refractivity contribution in [1.29, 1.82) is 0 Å². The number of benzene rings is 10. The summed E-state index contributed by atoms with van der Waals surface area (Å²) in [5.41, 5.74) is 17.4. The first kappa shape index (κ1) is 38.8. The van der Waals surface area contributed by atoms with E-state index in [1.165, 1.54) is 60.4 Å². The van der Waals surface area contributed by atoms with E-state index >= 15 is 0 Å². The average Bonchev–Trinajstić information content (AvgIpc) is 3.95. The van der Waals surface area contributed by atoms with Crippen molar-refractivity contribution in [2.24, 2.45) is 0 Å². The van der Waals surface area contributed by atoms with Gasteiger partial charge in [-0.25, -0.2) is 0 Å². The van der Waals surface area contributed by atoms with E-state index in [1.54, 1.807) is 0 Å². The quantitative estimate of drug-likeness (QED) is 0.151. The van der Waals surface area contributed by atoms with Crippen LogP contribution in [0.1, 0.15) is 11.5 Å². The maximum atomic E-state index is 6.50. The molecule has 316 valence electrons. The lowest BCUT2D eigenvalue weighted by atomic mass is 9.90. The van der Waals surface area contributed by atoms with Crippen molar-refractivity contribution in [1.82, 2.24) is 4.57 Å². The summed E-state index contributed by atoms with van der Waals surface area (Å²) < 4.78 is 8.91. The molecule has 0 N–H and O–H groups in total. The Morgan fingerprint density at radius 2 is 0.866 bits per heavy atom. The van der Waals surface area contributed by atoms with E-state index < -0.39 is 0 Å². The highest BCUT2D eigenvalue weighted by Gasteiger charge is 2.33. The molecule has 0 fully saturated rings. The number of rotatable bonds is 8. The van der Waals surface area contributed by atoms with Crippen LogP contribution < -0.4 is 9.64 Å². The summed E-state index contributed by atoms with van der Waals surface area (Å²) in [6, 6.07) is 83.9. The molecule has 2 atom stereocenters. The predicted octanol–water partition coefficient (Wildman–Crippen LogP) is 17.0. The highest BCUT2D eigenvalue weighted by Crippen LogP contribution is 2.47. The van der Waals surface area contributed by atoms with E-state index in [9.17, 15) is 0 Å². The number of hydrogen-bond acceptors (Lipinski definition) is 2. The number of hydrogen-bond donors (Lipinski definition) is 0. The summed E-state index contributed by atoms with van der Waals surface area (Å²) in [6.07, 6.45) is 8.68. The first-order chi connectivity index (χ1) is 33.2. The standard InChI is InChI=1S/C64H44N2O/c1-2-13-49-42-50(29-26-43(49)12-1)46-32-38-52(39-33-46)65(51-36-30-45(31-37-51)44-24-27-48(28-25-44)55-18-11-19-59-58-17-6-10-23-63(58)67-64(55)59)53-40-34-47(35-41-53)54-14-3-7-20-60(54)66-61-21-8-4-15-56(61)57-16-5-9-22-62(57)66/h1-42,58,63H. The minimum Gasteiger partial charge on any atom is -0.484 e. The maximum absolute atomic E-state index is 6.50. The summed E-state index contributed by atoms with van der Waals surface area (Å²) in [5, 5.41) is 5.00. The van der Waals surface area contributed by atoms with Crippen molar-refractivity contribution in [2.45, 2.75) is 12.0 Å². The summed E-state index contributed by atoms with van der Waals surface area (Å²) in [6.45, 7) is 0. The lowest BCUT2D eigenvalue weighted by molar-refractivity contribution is 0.270. The first-order valence-corrected chi connectivity index (χ1v) is 23.1. The fraction of sp³-hybridized carbons (Fsp3) is 0.0312. The Bertz CT molecular complexity index is 3660. The predicted molar refractivity (Wildman–Crippen MR) is 280 cm³/mol. The van der Waals surface area contributed by atoms with Gasteiger partial charge in [-0.2, -0.15) is 0 Å². The van der Waals surface area contributed by atoms with Gasteiger partial charge in [0.25, 0.3) is 0 Å². The number of para-hydroxylation sites is 4. The Balaban J connectivity index is 0.851. The highest BCUT2D eigenvalue weighted by molar-refractivity contribution is 6.09. The van der Waals surface area contributed by atoms with Crippen LogP contribution in [0.5, 0.6) is 5.75 Å². The van der Waals surface area contributed by atoms with Crippen LogP contribution in [0.4, 0.5) is 17.1 Å². The van der Waals surface area contributed by atoms with Gasteiger partial charge in [0.2, 0.25) is 0 Å². The van der Waals surface area contributed by atoms with Crippen molar-refractivity contribution >= 4 is 49.6 Å². The monoisotopic (exact) mass is 856 g/mol. The first-order valence-electron chi connectivity index (χ1n) is 23.1. The number of anilines is 3. The van der Waals surface area contributed by atoms with E-state index in [2.05, 4.69) is 264 Å². The van der Waals surface area contributed by atoms with E-state index in [0.717, 1.165) is 50.8 Å². The molecule has 2 unspecified atom stereocenters. The van der Waals surface area contributed by atoms with Gasteiger partial charge in [-0.05, 0) is 111 Å². The van der Waals surface area contributed by atoms with Crippen LogP contribution in [-0.4, -0.2) is 10.7 Å². The van der Waals surface area contributed by atoms with Gasteiger partial charge in [-0.1, -0.05) is 188 Å². The Labute approximate surface area is 390 Å². The molecule has 0 radical (unpaired) electrons. The van der Waals surface area contributed by atoms with Gasteiger partial charge in [-0.3, -0.25) is 0 Å². The highest BCUT2D eigenvalue weighted by atomic mass is 16.5. The van der Waals surface area contributed by atoms with Gasteiger partial charge in [0.15, 0.2) is 0 Å². The number of aromatic nitrogens is 1. The SMILES string of the molecule is C1=CC2Oc3c(-c4ccc(-c5ccc(N(c6ccc(-c7ccc8ccccc8c7)cc6)c6ccc(-c7ccccc7-n7c8ccccc8c8ccccc87)cc6)cc5)cc4)cccc3C2C=C1. The molecule has 3 nitrogen and oxygen atoms in total. The van der Waals surface area contributed by atoms with Crippen molar-refractivity contribution < 1.29 is 4.74 Å². The normalized spacial score (nSPS) is 14.9. The molecule has 2 heterocycles. The molecular formula is C64H44N2O. The van der Waals surface area contributed by atoms with Crippen LogP contribution in [-0.2, 0) is 0 Å². The van der Waals surface area contributed by atoms with E-state index in [1.807, 2.05) is 0 Å². The average molecular weight is 857 g/mol. The van der Waals surface area contributed by atoms with Gasteiger partial charge in [0, 0.05) is 50.4 Å². The van der Waals surface area contributed by atoms with Gasteiger partial charge in [0.05, 0.1) is 16.7 Å². The molecule has 0 saturated heterocycles. The summed E-state index contributed by atoms with van der Waals surface area (Å²) in [4.78, 5) is 2.36. The molecule has 0 spiro atoms. The molecule has 0 saturated carbocycles. The zero-order chi connectivity index (χ0) is 44.3. The Kier molecular flexibility index (Phi) is 9.31. The zero-order valence-corrected chi connectivity index (χ0v) is 36.7. The molecular weight excluding hydrogens is 813 g/mol. The van der Waals surface area contributed by atoms with E-state index in [4.69, 9.17) is 4.74 Å². The van der Waals surface area contributed by atoms with Crippen LogP contribution in [0.3, 0.4) is 0 Å². The zero-order valence-electron chi connectivity index (χ0n) is 36.7. The minimum atomic E-state index is 0.0630. The fourth-order valence-corrected chi connectivity index (χ4v) is 10.4. The topological polar surface area (TPSA) is 17.4 Å². The Morgan fingerprint density at radius 1 is 0.373 bits per heavy atom. The van der Waals surface area contributed by atoms with Crippen molar-refractivity contribution in [3.05, 3.63) is 260 Å². The van der Waals surface area contributed by atoms with Gasteiger partial charge >= 0.3 is 0 Å². The van der Waals surface area contributed by atoms with Crippen molar-refractivity contribution in [3.63, 3.8) is 0 Å². The van der Waals surface area contributed by atoms with Crippen LogP contribution in [0.25, 0.3) is 82.8 Å². The molecule has 2 aliphatic rings. The summed E-state index contributed by atoms with van der Waals surface area (Å²) in [7, 11) is 0. The number of ether oxygens (including phenoxy) is 1. The Morgan fingerprint density at radius 3 is 1.55 bits per heavy atom. The third-order valence-electron chi connectivity index (χ3n) is 13.8. The smallest absolute Gasteiger partial charge is 0.132 e. The van der Waals surface area contributed by atoms with Gasteiger partial charge in [-0.15, -0.1) is 0 Å². The molecule has 1 aliphatic carbocycles. The number of fused-ring (bicyclic) bond motifs is 7. The molecule has 0 bridgehead atoms.